The summed E-state index contributed by atoms with van der Waals surface area (Å²) in [5.74, 6) is 1.15. The summed E-state index contributed by atoms with van der Waals surface area (Å²) in [5.41, 5.74) is 2.57. The Morgan fingerprint density at radius 3 is 2.96 bits per heavy atom. The number of hydrogen-bond donors (Lipinski definition) is 0. The summed E-state index contributed by atoms with van der Waals surface area (Å²) in [6.07, 6.45) is 8.30. The van der Waals surface area contributed by atoms with Gasteiger partial charge in [-0.05, 0) is 42.5 Å². The maximum absolute atomic E-state index is 13.1. The number of imidazole rings is 1. The molecule has 0 bridgehead atoms. The van der Waals surface area contributed by atoms with Crippen molar-refractivity contribution < 1.29 is 9.21 Å². The zero-order valence-electron chi connectivity index (χ0n) is 14.3. The van der Waals surface area contributed by atoms with Gasteiger partial charge in [-0.2, -0.15) is 0 Å². The van der Waals surface area contributed by atoms with Gasteiger partial charge in [-0.1, -0.05) is 24.3 Å². The molecule has 0 fully saturated rings. The van der Waals surface area contributed by atoms with E-state index in [2.05, 4.69) is 23.2 Å². The molecule has 0 aliphatic heterocycles. The van der Waals surface area contributed by atoms with Gasteiger partial charge in [0.25, 0.3) is 5.91 Å². The lowest BCUT2D eigenvalue weighted by atomic mass is 9.86. The van der Waals surface area contributed by atoms with Gasteiger partial charge in [-0.3, -0.25) is 4.79 Å². The van der Waals surface area contributed by atoms with Gasteiger partial charge in [0.1, 0.15) is 5.82 Å². The highest BCUT2D eigenvalue weighted by molar-refractivity contribution is 5.91. The third-order valence-electron chi connectivity index (χ3n) is 4.94. The average molecular weight is 335 g/mol. The first-order valence-electron chi connectivity index (χ1n) is 8.62. The number of hydrogen-bond acceptors (Lipinski definition) is 3. The number of nitrogens with zero attached hydrogens (tertiary/aromatic N) is 3. The van der Waals surface area contributed by atoms with Gasteiger partial charge in [0.05, 0.1) is 18.8 Å². The second kappa shape index (κ2) is 6.59. The van der Waals surface area contributed by atoms with E-state index in [0.717, 1.165) is 25.1 Å². The van der Waals surface area contributed by atoms with E-state index in [-0.39, 0.29) is 11.9 Å². The minimum atomic E-state index is -0.0882. The number of benzene rings is 1. The Balaban J connectivity index is 1.73. The number of carbonyl (C=O) groups excluding carboxylic acids is 1. The van der Waals surface area contributed by atoms with Gasteiger partial charge < -0.3 is 13.9 Å². The minimum absolute atomic E-state index is 0.0410. The monoisotopic (exact) mass is 335 g/mol. The van der Waals surface area contributed by atoms with E-state index in [1.54, 1.807) is 24.6 Å². The Hall–Kier alpha value is -2.82. The fraction of sp³-hybridized carbons (Fsp3) is 0.300. The average Bonchev–Trinajstić information content (AvgIpc) is 3.31. The minimum Gasteiger partial charge on any atom is -0.459 e. The van der Waals surface area contributed by atoms with Crippen LogP contribution in [0.15, 0.2) is 59.5 Å². The summed E-state index contributed by atoms with van der Waals surface area (Å²) < 4.78 is 7.34. The van der Waals surface area contributed by atoms with E-state index in [1.165, 1.54) is 11.1 Å². The molecule has 0 saturated heterocycles. The quantitative estimate of drug-likeness (QED) is 0.730. The number of fused-ring (bicyclic) bond motifs is 1. The molecule has 1 aromatic carbocycles. The van der Waals surface area contributed by atoms with Crippen LogP contribution in [-0.2, 0) is 20.0 Å². The second-order valence-corrected chi connectivity index (χ2v) is 6.47. The van der Waals surface area contributed by atoms with Crippen molar-refractivity contribution >= 4 is 5.91 Å². The maximum atomic E-state index is 13.1. The number of amides is 1. The number of aryl methyl sites for hydroxylation is 2. The van der Waals surface area contributed by atoms with Crippen LogP contribution in [0, 0.1) is 0 Å². The highest BCUT2D eigenvalue weighted by Crippen LogP contribution is 2.35. The maximum Gasteiger partial charge on any atom is 0.290 e. The lowest BCUT2D eigenvalue weighted by Crippen LogP contribution is -2.36. The number of aromatic nitrogens is 2. The number of furan rings is 1. The molecule has 0 radical (unpaired) electrons. The zero-order valence-corrected chi connectivity index (χ0v) is 14.3. The summed E-state index contributed by atoms with van der Waals surface area (Å²) >= 11 is 0. The third-order valence-corrected chi connectivity index (χ3v) is 4.94. The molecule has 2 aromatic heterocycles. The van der Waals surface area contributed by atoms with Gasteiger partial charge >= 0.3 is 0 Å². The molecule has 128 valence electrons. The summed E-state index contributed by atoms with van der Waals surface area (Å²) in [5, 5.41) is 0. The Morgan fingerprint density at radius 2 is 2.20 bits per heavy atom. The standard InChI is InChI=1S/C20H21N3O2/c1-22-12-11-21-19(22)14-23(20(24)18-10-5-13-25-18)17-9-4-7-15-6-2-3-8-16(15)17/h2-3,5-6,8,10-13,17H,4,7,9,14H2,1H3/t17-/m1/s1. The highest BCUT2D eigenvalue weighted by Gasteiger charge is 2.31. The molecule has 2 heterocycles. The lowest BCUT2D eigenvalue weighted by molar-refractivity contribution is 0.0597. The lowest BCUT2D eigenvalue weighted by Gasteiger charge is -2.35. The van der Waals surface area contributed by atoms with Gasteiger partial charge in [-0.15, -0.1) is 0 Å². The van der Waals surface area contributed by atoms with E-state index in [9.17, 15) is 4.79 Å². The van der Waals surface area contributed by atoms with E-state index in [1.807, 2.05) is 28.8 Å². The van der Waals surface area contributed by atoms with E-state index < -0.39 is 0 Å². The summed E-state index contributed by atoms with van der Waals surface area (Å²) in [7, 11) is 1.95. The predicted molar refractivity (Wildman–Crippen MR) is 93.9 cm³/mol. The van der Waals surface area contributed by atoms with Crippen LogP contribution in [0.4, 0.5) is 0 Å². The molecule has 0 N–H and O–H groups in total. The normalized spacial score (nSPS) is 16.4. The molecule has 1 aliphatic rings. The van der Waals surface area contributed by atoms with Gasteiger partial charge in [0, 0.05) is 19.4 Å². The van der Waals surface area contributed by atoms with Crippen LogP contribution in [-0.4, -0.2) is 20.4 Å². The molecule has 1 amide bonds. The van der Waals surface area contributed by atoms with Crippen molar-refractivity contribution in [3.8, 4) is 0 Å². The van der Waals surface area contributed by atoms with Crippen LogP contribution >= 0.6 is 0 Å². The van der Waals surface area contributed by atoms with E-state index in [4.69, 9.17) is 4.42 Å². The predicted octanol–water partition coefficient (Wildman–Crippen LogP) is 3.73. The molecule has 0 unspecified atom stereocenters. The SMILES string of the molecule is Cn1ccnc1CN(C(=O)c1ccco1)[C@@H]1CCCc2ccccc21. The molecule has 5 nitrogen and oxygen atoms in total. The fourth-order valence-electron chi connectivity index (χ4n) is 3.62. The van der Waals surface area contributed by atoms with Crippen LogP contribution in [0.25, 0.3) is 0 Å². The summed E-state index contributed by atoms with van der Waals surface area (Å²) in [4.78, 5) is 19.5. The molecule has 25 heavy (non-hydrogen) atoms. The van der Waals surface area contributed by atoms with Gasteiger partial charge in [0.2, 0.25) is 0 Å². The first-order chi connectivity index (χ1) is 12.2. The van der Waals surface area contributed by atoms with Crippen LogP contribution in [0.1, 0.15) is 46.4 Å². The van der Waals surface area contributed by atoms with Crippen molar-refractivity contribution in [1.29, 1.82) is 0 Å². The van der Waals surface area contributed by atoms with Crippen LogP contribution in [0.3, 0.4) is 0 Å². The number of rotatable bonds is 4. The highest BCUT2D eigenvalue weighted by atomic mass is 16.3. The topological polar surface area (TPSA) is 51.3 Å². The third kappa shape index (κ3) is 2.97. The van der Waals surface area contributed by atoms with Crippen LogP contribution < -0.4 is 0 Å². The van der Waals surface area contributed by atoms with Crippen molar-refractivity contribution in [1.82, 2.24) is 14.5 Å². The number of carbonyl (C=O) groups is 1. The van der Waals surface area contributed by atoms with Crippen molar-refractivity contribution in [2.45, 2.75) is 31.8 Å². The van der Waals surface area contributed by atoms with E-state index in [0.29, 0.717) is 12.3 Å². The molecule has 0 saturated carbocycles. The molecule has 1 atom stereocenters. The van der Waals surface area contributed by atoms with Crippen molar-refractivity contribution in [3.63, 3.8) is 0 Å². The second-order valence-electron chi connectivity index (χ2n) is 6.47. The zero-order chi connectivity index (χ0) is 17.2. The van der Waals surface area contributed by atoms with Crippen molar-refractivity contribution in [3.05, 3.63) is 77.8 Å². The van der Waals surface area contributed by atoms with Crippen molar-refractivity contribution in [2.75, 3.05) is 0 Å². The van der Waals surface area contributed by atoms with Gasteiger partial charge in [-0.25, -0.2) is 4.98 Å². The Bertz CT molecular complexity index is 867. The molecule has 0 spiro atoms. The first-order valence-corrected chi connectivity index (χ1v) is 8.62. The van der Waals surface area contributed by atoms with E-state index >= 15 is 0 Å². The molecule has 4 rings (SSSR count). The molecular formula is C20H21N3O2. The van der Waals surface area contributed by atoms with Crippen LogP contribution in [0.2, 0.25) is 0 Å². The Morgan fingerprint density at radius 1 is 1.32 bits per heavy atom. The first kappa shape index (κ1) is 15.7. The Labute approximate surface area is 146 Å². The molecule has 5 heteroatoms. The molecule has 3 aromatic rings. The largest absolute Gasteiger partial charge is 0.459 e. The summed E-state index contributed by atoms with van der Waals surface area (Å²) in [6, 6.07) is 11.9. The summed E-state index contributed by atoms with van der Waals surface area (Å²) in [6.45, 7) is 0.460. The Kier molecular flexibility index (Phi) is 4.14. The van der Waals surface area contributed by atoms with Gasteiger partial charge in [0.15, 0.2) is 5.76 Å². The fourth-order valence-corrected chi connectivity index (χ4v) is 3.62. The smallest absolute Gasteiger partial charge is 0.290 e. The molecule has 1 aliphatic carbocycles. The van der Waals surface area contributed by atoms with Crippen molar-refractivity contribution in [2.24, 2.45) is 7.05 Å². The molecular weight excluding hydrogens is 314 g/mol. The van der Waals surface area contributed by atoms with Crippen LogP contribution in [0.5, 0.6) is 0 Å².